The maximum atomic E-state index is 10.3. The Morgan fingerprint density at radius 1 is 1.30 bits per heavy atom. The van der Waals surface area contributed by atoms with Gasteiger partial charge < -0.3 is 14.0 Å². The lowest BCUT2D eigenvalue weighted by Crippen LogP contribution is -2.61. The van der Waals surface area contributed by atoms with Crippen molar-refractivity contribution in [2.45, 2.75) is 44.5 Å². The Hall–Kier alpha value is -2.82. The van der Waals surface area contributed by atoms with Crippen LogP contribution in [0.15, 0.2) is 18.3 Å². The minimum Gasteiger partial charge on any atom is -0.447 e. The minimum atomic E-state index is -1.86. The van der Waals surface area contributed by atoms with E-state index in [0.29, 0.717) is 24.5 Å². The average molecular weight is 363 g/mol. The van der Waals surface area contributed by atoms with E-state index in [1.54, 1.807) is 10.6 Å². The fourth-order valence-electron chi connectivity index (χ4n) is 5.30. The van der Waals surface area contributed by atoms with Gasteiger partial charge in [-0.2, -0.15) is 15.8 Å². The molecule has 3 aliphatic rings. The number of nitriles is 3. The van der Waals surface area contributed by atoms with E-state index in [1.165, 1.54) is 0 Å². The van der Waals surface area contributed by atoms with Crippen LogP contribution in [0.5, 0.6) is 0 Å². The second-order valence-corrected chi connectivity index (χ2v) is 7.84. The molecule has 7 heteroatoms. The van der Waals surface area contributed by atoms with Crippen LogP contribution in [-0.4, -0.2) is 16.3 Å². The van der Waals surface area contributed by atoms with Crippen LogP contribution in [-0.2, 0) is 16.5 Å². The van der Waals surface area contributed by atoms with Crippen LogP contribution in [0.4, 0.5) is 0 Å². The molecule has 0 radical (unpaired) electrons. The summed E-state index contributed by atoms with van der Waals surface area (Å²) in [6.45, 7) is 2.09. The highest BCUT2D eigenvalue weighted by Crippen LogP contribution is 2.70. The zero-order chi connectivity index (χ0) is 19.4. The summed E-state index contributed by atoms with van der Waals surface area (Å²) in [7, 11) is 1.81. The van der Waals surface area contributed by atoms with E-state index in [2.05, 4.69) is 25.1 Å². The first-order chi connectivity index (χ1) is 12.9. The molecule has 0 aromatic carbocycles. The third kappa shape index (κ3) is 1.84. The number of rotatable bonds is 2. The number of hydrogen-bond acceptors (Lipinski definition) is 6. The van der Waals surface area contributed by atoms with Crippen molar-refractivity contribution in [3.8, 4) is 18.2 Å². The second-order valence-electron chi connectivity index (χ2n) is 7.84. The van der Waals surface area contributed by atoms with Gasteiger partial charge in [0.25, 0.3) is 0 Å². The van der Waals surface area contributed by atoms with Gasteiger partial charge in [-0.25, -0.2) is 0 Å². The fourth-order valence-corrected chi connectivity index (χ4v) is 5.30. The van der Waals surface area contributed by atoms with Gasteiger partial charge in [0, 0.05) is 25.4 Å². The molecule has 27 heavy (non-hydrogen) atoms. The zero-order valence-electron chi connectivity index (χ0n) is 15.4. The van der Waals surface area contributed by atoms with Gasteiger partial charge in [-0.1, -0.05) is 13.3 Å². The third-order valence-electron chi connectivity index (χ3n) is 6.85. The van der Waals surface area contributed by atoms with Crippen LogP contribution in [0, 0.1) is 62.1 Å². The van der Waals surface area contributed by atoms with Crippen molar-refractivity contribution in [2.24, 2.45) is 29.7 Å². The topological polar surface area (TPSA) is 119 Å². The van der Waals surface area contributed by atoms with Crippen molar-refractivity contribution in [1.29, 1.82) is 21.2 Å². The Bertz CT molecular complexity index is 917. The van der Waals surface area contributed by atoms with Crippen LogP contribution in [0.1, 0.15) is 44.4 Å². The van der Waals surface area contributed by atoms with Crippen molar-refractivity contribution < 1.29 is 9.47 Å². The molecule has 1 aliphatic carbocycles. The van der Waals surface area contributed by atoms with Crippen molar-refractivity contribution >= 4 is 5.90 Å². The summed E-state index contributed by atoms with van der Waals surface area (Å²) in [5, 5.41) is 39.2. The summed E-state index contributed by atoms with van der Waals surface area (Å²) in [6.07, 6.45) is 3.81. The minimum absolute atomic E-state index is 0.299. The van der Waals surface area contributed by atoms with Crippen LogP contribution < -0.4 is 0 Å². The Balaban J connectivity index is 1.99. The summed E-state index contributed by atoms with van der Waals surface area (Å²) in [5.41, 5.74) is -2.87. The molecule has 2 saturated heterocycles. The lowest BCUT2D eigenvalue weighted by molar-refractivity contribution is -0.300. The van der Waals surface area contributed by atoms with Gasteiger partial charge in [0.15, 0.2) is 5.41 Å². The highest BCUT2D eigenvalue weighted by atomic mass is 16.7. The molecule has 0 amide bonds. The Labute approximate surface area is 158 Å². The van der Waals surface area contributed by atoms with Crippen molar-refractivity contribution in [2.75, 3.05) is 0 Å². The second kappa shape index (κ2) is 5.59. The Kier molecular flexibility index (Phi) is 3.64. The Morgan fingerprint density at radius 3 is 2.59 bits per heavy atom. The van der Waals surface area contributed by atoms with Crippen LogP contribution in [0.25, 0.3) is 0 Å². The maximum Gasteiger partial charge on any atom is 0.217 e. The fraction of sp³-hybridized carbons (Fsp3) is 0.600. The standard InChI is InChI=1S/C20H21N5O2/c1-3-13-6-7-20-15(9-13)19(12-23,17(24)27-20)18(10-21,11-22)16(26-20)14-5-4-8-25(14)2/h4-5,8,13,15-16,24H,3,6-7,9H2,1-2H3. The van der Waals surface area contributed by atoms with E-state index in [0.717, 1.165) is 12.8 Å². The molecule has 2 bridgehead atoms. The molecule has 1 N–H and O–H groups in total. The summed E-state index contributed by atoms with van der Waals surface area (Å²) in [5.74, 6) is -1.57. The molecule has 1 saturated carbocycles. The SMILES string of the molecule is CCC1CCC23OC(=N)C(C#N)(C2C1)C(C#N)(C#N)C(c1cccn1C)O3. The summed E-state index contributed by atoms with van der Waals surface area (Å²) in [6, 6.07) is 10.0. The van der Waals surface area contributed by atoms with Gasteiger partial charge in [0.1, 0.15) is 6.10 Å². The van der Waals surface area contributed by atoms with Gasteiger partial charge in [-0.3, -0.25) is 5.41 Å². The van der Waals surface area contributed by atoms with E-state index < -0.39 is 28.6 Å². The number of aromatic nitrogens is 1. The summed E-state index contributed by atoms with van der Waals surface area (Å²) < 4.78 is 14.1. The van der Waals surface area contributed by atoms with Gasteiger partial charge in [0.2, 0.25) is 17.1 Å². The molecule has 5 unspecified atom stereocenters. The molecule has 0 spiro atoms. The lowest BCUT2D eigenvalue weighted by atomic mass is 9.51. The molecular formula is C20H21N5O2. The number of nitrogens with zero attached hydrogens (tertiary/aromatic N) is 4. The molecule has 3 fully saturated rings. The number of nitrogens with one attached hydrogen (secondary N) is 1. The largest absolute Gasteiger partial charge is 0.447 e. The van der Waals surface area contributed by atoms with Gasteiger partial charge in [-0.05, 0) is 30.9 Å². The molecule has 4 rings (SSSR count). The molecule has 7 nitrogen and oxygen atoms in total. The highest BCUT2D eigenvalue weighted by Gasteiger charge is 2.81. The maximum absolute atomic E-state index is 10.3. The monoisotopic (exact) mass is 363 g/mol. The zero-order valence-corrected chi connectivity index (χ0v) is 15.4. The predicted octanol–water partition coefficient (Wildman–Crippen LogP) is 3.17. The highest BCUT2D eigenvalue weighted by molar-refractivity contribution is 5.89. The summed E-state index contributed by atoms with van der Waals surface area (Å²) in [4.78, 5) is 0. The number of aryl methyl sites for hydroxylation is 1. The normalized spacial score (nSPS) is 38.8. The number of ether oxygens (including phenoxy) is 2. The molecule has 5 atom stereocenters. The van der Waals surface area contributed by atoms with Gasteiger partial charge in [-0.15, -0.1) is 0 Å². The number of hydrogen-bond donors (Lipinski definition) is 1. The van der Waals surface area contributed by atoms with E-state index >= 15 is 0 Å². The van der Waals surface area contributed by atoms with E-state index in [9.17, 15) is 15.8 Å². The first kappa shape index (κ1) is 17.6. The van der Waals surface area contributed by atoms with E-state index in [-0.39, 0.29) is 5.90 Å². The molecule has 1 aromatic heterocycles. The first-order valence-electron chi connectivity index (χ1n) is 9.25. The quantitative estimate of drug-likeness (QED) is 0.865. The van der Waals surface area contributed by atoms with Gasteiger partial charge in [0.05, 0.1) is 24.1 Å². The average Bonchev–Trinajstić information content (AvgIpc) is 3.18. The first-order valence-corrected chi connectivity index (χ1v) is 9.25. The van der Waals surface area contributed by atoms with Crippen molar-refractivity contribution in [1.82, 2.24) is 4.57 Å². The molecule has 138 valence electrons. The van der Waals surface area contributed by atoms with E-state index in [1.807, 2.05) is 19.3 Å². The van der Waals surface area contributed by atoms with Crippen molar-refractivity contribution in [3.63, 3.8) is 0 Å². The lowest BCUT2D eigenvalue weighted by Gasteiger charge is -2.52. The van der Waals surface area contributed by atoms with Crippen LogP contribution in [0.3, 0.4) is 0 Å². The third-order valence-corrected chi connectivity index (χ3v) is 6.85. The van der Waals surface area contributed by atoms with E-state index in [4.69, 9.17) is 14.9 Å². The summed E-state index contributed by atoms with van der Waals surface area (Å²) >= 11 is 0. The molecule has 2 aliphatic heterocycles. The smallest absolute Gasteiger partial charge is 0.217 e. The van der Waals surface area contributed by atoms with Gasteiger partial charge >= 0.3 is 0 Å². The van der Waals surface area contributed by atoms with Crippen molar-refractivity contribution in [3.05, 3.63) is 24.0 Å². The van der Waals surface area contributed by atoms with Crippen LogP contribution >= 0.6 is 0 Å². The Morgan fingerprint density at radius 2 is 2.04 bits per heavy atom. The molecule has 1 aromatic rings. The van der Waals surface area contributed by atoms with Crippen LogP contribution in [0.2, 0.25) is 0 Å². The molecule has 3 heterocycles. The molecular weight excluding hydrogens is 342 g/mol. The predicted molar refractivity (Wildman–Crippen MR) is 93.6 cm³/mol.